The highest BCUT2D eigenvalue weighted by molar-refractivity contribution is 5.48. The number of nitrogens with one attached hydrogen (secondary N) is 1. The maximum Gasteiger partial charge on any atom is 0.161 e. The fourth-order valence-electron chi connectivity index (χ4n) is 2.23. The molecule has 3 heteroatoms. The van der Waals surface area contributed by atoms with Crippen molar-refractivity contribution in [2.75, 3.05) is 19.5 Å². The maximum absolute atomic E-state index is 5.37. The SMILES string of the molecule is CCC(Nc1ccccc1)c1ccc(OC)c(OC)c1. The lowest BCUT2D eigenvalue weighted by molar-refractivity contribution is 0.354. The summed E-state index contributed by atoms with van der Waals surface area (Å²) in [7, 11) is 3.31. The Labute approximate surface area is 120 Å². The van der Waals surface area contributed by atoms with Crippen LogP contribution in [0.15, 0.2) is 48.5 Å². The zero-order valence-corrected chi connectivity index (χ0v) is 12.2. The van der Waals surface area contributed by atoms with Gasteiger partial charge in [-0.3, -0.25) is 0 Å². The third kappa shape index (κ3) is 3.23. The van der Waals surface area contributed by atoms with E-state index in [9.17, 15) is 0 Å². The number of hydrogen-bond donors (Lipinski definition) is 1. The Morgan fingerprint density at radius 3 is 2.25 bits per heavy atom. The van der Waals surface area contributed by atoms with Crippen LogP contribution in [0, 0.1) is 0 Å². The van der Waals surface area contributed by atoms with Crippen LogP contribution in [0.3, 0.4) is 0 Å². The smallest absolute Gasteiger partial charge is 0.161 e. The molecule has 0 aliphatic carbocycles. The molecule has 0 aromatic heterocycles. The number of anilines is 1. The third-order valence-electron chi connectivity index (χ3n) is 3.33. The Morgan fingerprint density at radius 1 is 0.950 bits per heavy atom. The molecule has 0 aliphatic rings. The average molecular weight is 271 g/mol. The van der Waals surface area contributed by atoms with Crippen molar-refractivity contribution in [1.29, 1.82) is 0 Å². The molecule has 0 aliphatic heterocycles. The average Bonchev–Trinajstić information content (AvgIpc) is 2.53. The standard InChI is InChI=1S/C17H21NO2/c1-4-15(18-14-8-6-5-7-9-14)13-10-11-16(19-2)17(12-13)20-3/h5-12,15,18H,4H2,1-3H3. The number of methoxy groups -OCH3 is 2. The first-order valence-electron chi connectivity index (χ1n) is 6.82. The number of para-hydroxylation sites is 1. The molecule has 0 bridgehead atoms. The van der Waals surface area contributed by atoms with Crippen LogP contribution in [0.1, 0.15) is 24.9 Å². The van der Waals surface area contributed by atoms with E-state index in [2.05, 4.69) is 30.4 Å². The molecule has 0 radical (unpaired) electrons. The molecule has 1 unspecified atom stereocenters. The second-order valence-electron chi connectivity index (χ2n) is 4.59. The predicted molar refractivity (Wildman–Crippen MR) is 82.6 cm³/mol. The summed E-state index contributed by atoms with van der Waals surface area (Å²) in [6, 6.07) is 16.5. The first-order chi connectivity index (χ1) is 9.78. The van der Waals surface area contributed by atoms with E-state index in [1.807, 2.05) is 30.3 Å². The normalized spacial score (nSPS) is 11.8. The van der Waals surface area contributed by atoms with Crippen molar-refractivity contribution in [2.45, 2.75) is 19.4 Å². The maximum atomic E-state index is 5.37. The summed E-state index contributed by atoms with van der Waals surface area (Å²) in [5.41, 5.74) is 2.31. The van der Waals surface area contributed by atoms with E-state index in [4.69, 9.17) is 9.47 Å². The minimum atomic E-state index is 0.247. The molecule has 0 fully saturated rings. The molecule has 2 rings (SSSR count). The number of rotatable bonds is 6. The van der Waals surface area contributed by atoms with Gasteiger partial charge < -0.3 is 14.8 Å². The second-order valence-corrected chi connectivity index (χ2v) is 4.59. The number of benzene rings is 2. The molecule has 0 heterocycles. The molecule has 0 spiro atoms. The van der Waals surface area contributed by atoms with Gasteiger partial charge in [0.1, 0.15) is 0 Å². The molecule has 106 valence electrons. The zero-order chi connectivity index (χ0) is 14.4. The van der Waals surface area contributed by atoms with E-state index in [0.29, 0.717) is 0 Å². The first kappa shape index (κ1) is 14.3. The van der Waals surface area contributed by atoms with Crippen molar-refractivity contribution < 1.29 is 9.47 Å². The van der Waals surface area contributed by atoms with E-state index < -0.39 is 0 Å². The summed E-state index contributed by atoms with van der Waals surface area (Å²) in [5.74, 6) is 1.52. The lowest BCUT2D eigenvalue weighted by atomic mass is 10.0. The van der Waals surface area contributed by atoms with Gasteiger partial charge in [-0.05, 0) is 36.2 Å². The number of ether oxygens (including phenoxy) is 2. The van der Waals surface area contributed by atoms with Crippen LogP contribution in [-0.2, 0) is 0 Å². The van der Waals surface area contributed by atoms with E-state index >= 15 is 0 Å². The molecule has 1 atom stereocenters. The van der Waals surface area contributed by atoms with Gasteiger partial charge in [0.2, 0.25) is 0 Å². The summed E-state index contributed by atoms with van der Waals surface area (Å²) in [6.07, 6.45) is 0.990. The van der Waals surface area contributed by atoms with Gasteiger partial charge in [-0.15, -0.1) is 0 Å². The third-order valence-corrected chi connectivity index (χ3v) is 3.33. The highest BCUT2D eigenvalue weighted by atomic mass is 16.5. The molecule has 2 aromatic rings. The van der Waals surface area contributed by atoms with Gasteiger partial charge in [0.15, 0.2) is 11.5 Å². The molecular weight excluding hydrogens is 250 g/mol. The van der Waals surface area contributed by atoms with Crippen LogP contribution < -0.4 is 14.8 Å². The molecule has 3 nitrogen and oxygen atoms in total. The fourth-order valence-corrected chi connectivity index (χ4v) is 2.23. The Balaban J connectivity index is 2.23. The summed E-state index contributed by atoms with van der Waals surface area (Å²) in [4.78, 5) is 0. The predicted octanol–water partition coefficient (Wildman–Crippen LogP) is 4.27. The molecule has 0 amide bonds. The van der Waals surface area contributed by atoms with Gasteiger partial charge in [-0.1, -0.05) is 31.2 Å². The summed E-state index contributed by atoms with van der Waals surface area (Å²) in [5, 5.41) is 3.54. The highest BCUT2D eigenvalue weighted by Gasteiger charge is 2.12. The van der Waals surface area contributed by atoms with E-state index in [0.717, 1.165) is 23.6 Å². The van der Waals surface area contributed by atoms with E-state index in [-0.39, 0.29) is 6.04 Å². The number of hydrogen-bond acceptors (Lipinski definition) is 3. The fraction of sp³-hybridized carbons (Fsp3) is 0.294. The quantitative estimate of drug-likeness (QED) is 0.851. The van der Waals surface area contributed by atoms with Gasteiger partial charge in [0.25, 0.3) is 0 Å². The topological polar surface area (TPSA) is 30.5 Å². The van der Waals surface area contributed by atoms with Gasteiger partial charge in [-0.25, -0.2) is 0 Å². The van der Waals surface area contributed by atoms with Crippen molar-refractivity contribution in [2.24, 2.45) is 0 Å². The molecule has 0 saturated carbocycles. The van der Waals surface area contributed by atoms with Gasteiger partial charge in [0.05, 0.1) is 20.3 Å². The molecular formula is C17H21NO2. The van der Waals surface area contributed by atoms with Gasteiger partial charge >= 0.3 is 0 Å². The highest BCUT2D eigenvalue weighted by Crippen LogP contribution is 2.32. The lowest BCUT2D eigenvalue weighted by Crippen LogP contribution is -2.09. The minimum Gasteiger partial charge on any atom is -0.493 e. The monoisotopic (exact) mass is 271 g/mol. The van der Waals surface area contributed by atoms with Crippen molar-refractivity contribution in [3.05, 3.63) is 54.1 Å². The van der Waals surface area contributed by atoms with Crippen molar-refractivity contribution in [3.63, 3.8) is 0 Å². The Hall–Kier alpha value is -2.16. The van der Waals surface area contributed by atoms with Gasteiger partial charge in [0, 0.05) is 5.69 Å². The van der Waals surface area contributed by atoms with Crippen molar-refractivity contribution >= 4 is 5.69 Å². The Bertz CT molecular complexity index is 540. The van der Waals surface area contributed by atoms with Crippen molar-refractivity contribution in [1.82, 2.24) is 0 Å². The largest absolute Gasteiger partial charge is 0.493 e. The molecule has 2 aromatic carbocycles. The Kier molecular flexibility index (Phi) is 4.88. The molecule has 0 saturated heterocycles. The Morgan fingerprint density at radius 2 is 1.65 bits per heavy atom. The van der Waals surface area contributed by atoms with Crippen LogP contribution in [0.4, 0.5) is 5.69 Å². The first-order valence-corrected chi connectivity index (χ1v) is 6.82. The summed E-state index contributed by atoms with van der Waals surface area (Å²) in [6.45, 7) is 2.16. The van der Waals surface area contributed by atoms with Crippen LogP contribution in [0.2, 0.25) is 0 Å². The van der Waals surface area contributed by atoms with Crippen LogP contribution in [0.25, 0.3) is 0 Å². The molecule has 20 heavy (non-hydrogen) atoms. The van der Waals surface area contributed by atoms with Crippen LogP contribution >= 0.6 is 0 Å². The second kappa shape index (κ2) is 6.85. The van der Waals surface area contributed by atoms with Gasteiger partial charge in [-0.2, -0.15) is 0 Å². The summed E-state index contributed by atoms with van der Waals surface area (Å²) >= 11 is 0. The van der Waals surface area contributed by atoms with Crippen LogP contribution in [-0.4, -0.2) is 14.2 Å². The minimum absolute atomic E-state index is 0.247. The molecule has 1 N–H and O–H groups in total. The zero-order valence-electron chi connectivity index (χ0n) is 12.2. The van der Waals surface area contributed by atoms with Crippen molar-refractivity contribution in [3.8, 4) is 11.5 Å². The summed E-state index contributed by atoms with van der Waals surface area (Å²) < 4.78 is 10.6. The van der Waals surface area contributed by atoms with E-state index in [1.165, 1.54) is 5.56 Å². The van der Waals surface area contributed by atoms with Crippen LogP contribution in [0.5, 0.6) is 11.5 Å². The lowest BCUT2D eigenvalue weighted by Gasteiger charge is -2.20. The van der Waals surface area contributed by atoms with E-state index in [1.54, 1.807) is 14.2 Å².